The fourth-order valence-corrected chi connectivity index (χ4v) is 2.08. The van der Waals surface area contributed by atoms with Crippen molar-refractivity contribution in [3.8, 4) is 0 Å². The monoisotopic (exact) mass is 257 g/mol. The van der Waals surface area contributed by atoms with Crippen molar-refractivity contribution in [2.24, 2.45) is 5.41 Å². The van der Waals surface area contributed by atoms with Crippen LogP contribution in [-0.4, -0.2) is 13.1 Å². The van der Waals surface area contributed by atoms with Crippen LogP contribution in [0.25, 0.3) is 0 Å². The maximum Gasteiger partial charge on any atom is 0.142 e. The van der Waals surface area contributed by atoms with E-state index in [4.69, 9.17) is 11.6 Å². The molecule has 3 heteroatoms. The fourth-order valence-electron chi connectivity index (χ4n) is 1.88. The van der Waals surface area contributed by atoms with E-state index in [9.17, 15) is 4.39 Å². The molecule has 1 aromatic rings. The molecule has 0 fully saturated rings. The summed E-state index contributed by atoms with van der Waals surface area (Å²) in [6.45, 7) is 8.33. The summed E-state index contributed by atoms with van der Waals surface area (Å²) < 4.78 is 13.4. The standard InChI is InChI=1S/C14H21ClFN/c1-4-14(3,10-17-5-2)9-11-7-6-8-12(16)13(11)15/h6-8,17H,4-5,9-10H2,1-3H3. The van der Waals surface area contributed by atoms with Crippen molar-refractivity contribution in [2.75, 3.05) is 13.1 Å². The van der Waals surface area contributed by atoms with Crippen molar-refractivity contribution in [1.82, 2.24) is 5.32 Å². The molecule has 0 radical (unpaired) electrons. The molecule has 1 aromatic carbocycles. The van der Waals surface area contributed by atoms with Crippen LogP contribution in [-0.2, 0) is 6.42 Å². The van der Waals surface area contributed by atoms with E-state index in [1.54, 1.807) is 6.07 Å². The first-order chi connectivity index (χ1) is 8.02. The second-order valence-electron chi connectivity index (χ2n) is 4.83. The van der Waals surface area contributed by atoms with Gasteiger partial charge < -0.3 is 5.32 Å². The number of hydrogen-bond donors (Lipinski definition) is 1. The van der Waals surface area contributed by atoms with Crippen LogP contribution >= 0.6 is 11.6 Å². The van der Waals surface area contributed by atoms with E-state index < -0.39 is 0 Å². The van der Waals surface area contributed by atoms with Crippen molar-refractivity contribution >= 4 is 11.6 Å². The lowest BCUT2D eigenvalue weighted by atomic mass is 9.81. The first kappa shape index (κ1) is 14.5. The fraction of sp³-hybridized carbons (Fsp3) is 0.571. The Bertz CT molecular complexity index is 367. The minimum Gasteiger partial charge on any atom is -0.316 e. The molecule has 0 aromatic heterocycles. The third-order valence-corrected chi connectivity index (χ3v) is 3.73. The average molecular weight is 258 g/mol. The smallest absolute Gasteiger partial charge is 0.142 e. The molecular weight excluding hydrogens is 237 g/mol. The molecule has 1 rings (SSSR count). The molecule has 1 unspecified atom stereocenters. The van der Waals surface area contributed by atoms with Crippen molar-refractivity contribution in [1.29, 1.82) is 0 Å². The van der Waals surface area contributed by atoms with Crippen LogP contribution in [0.1, 0.15) is 32.8 Å². The van der Waals surface area contributed by atoms with Gasteiger partial charge in [-0.3, -0.25) is 0 Å². The van der Waals surface area contributed by atoms with E-state index in [1.807, 2.05) is 6.07 Å². The van der Waals surface area contributed by atoms with Crippen molar-refractivity contribution < 1.29 is 4.39 Å². The van der Waals surface area contributed by atoms with Gasteiger partial charge in [0.1, 0.15) is 5.82 Å². The number of benzene rings is 1. The Balaban J connectivity index is 2.83. The Labute approximate surface area is 108 Å². The zero-order valence-corrected chi connectivity index (χ0v) is 11.6. The molecule has 96 valence electrons. The predicted molar refractivity (Wildman–Crippen MR) is 72.1 cm³/mol. The summed E-state index contributed by atoms with van der Waals surface area (Å²) in [5.74, 6) is -0.328. The molecule has 0 saturated heterocycles. The lowest BCUT2D eigenvalue weighted by Gasteiger charge is -2.29. The van der Waals surface area contributed by atoms with E-state index >= 15 is 0 Å². The SMILES string of the molecule is CCNCC(C)(CC)Cc1cccc(F)c1Cl. The minimum atomic E-state index is -0.328. The largest absolute Gasteiger partial charge is 0.316 e. The third kappa shape index (κ3) is 3.97. The maximum absolute atomic E-state index is 13.4. The number of halogens is 2. The molecule has 0 aliphatic rings. The Hall–Kier alpha value is -0.600. The van der Waals surface area contributed by atoms with Crippen LogP contribution in [0.15, 0.2) is 18.2 Å². The highest BCUT2D eigenvalue weighted by Crippen LogP contribution is 2.30. The molecule has 0 spiro atoms. The van der Waals surface area contributed by atoms with Gasteiger partial charge in [0.15, 0.2) is 0 Å². The van der Waals surface area contributed by atoms with E-state index in [0.717, 1.165) is 31.5 Å². The summed E-state index contributed by atoms with van der Waals surface area (Å²) in [7, 11) is 0. The van der Waals surface area contributed by atoms with E-state index in [-0.39, 0.29) is 16.3 Å². The highest BCUT2D eigenvalue weighted by Gasteiger charge is 2.23. The Morgan fingerprint density at radius 1 is 1.35 bits per heavy atom. The molecule has 0 heterocycles. The predicted octanol–water partition coefficient (Wildman–Crippen LogP) is 4.05. The van der Waals surface area contributed by atoms with E-state index in [1.165, 1.54) is 6.07 Å². The van der Waals surface area contributed by atoms with Gasteiger partial charge in [0.2, 0.25) is 0 Å². The van der Waals surface area contributed by atoms with Crippen LogP contribution in [0.4, 0.5) is 4.39 Å². The van der Waals surface area contributed by atoms with E-state index in [0.29, 0.717) is 0 Å². The lowest BCUT2D eigenvalue weighted by molar-refractivity contribution is 0.292. The third-order valence-electron chi connectivity index (χ3n) is 3.30. The molecule has 0 aliphatic heterocycles. The summed E-state index contributed by atoms with van der Waals surface area (Å²) >= 11 is 5.99. The highest BCUT2D eigenvalue weighted by atomic mass is 35.5. The summed E-state index contributed by atoms with van der Waals surface area (Å²) in [6, 6.07) is 5.03. The second-order valence-corrected chi connectivity index (χ2v) is 5.21. The molecule has 0 aliphatic carbocycles. The molecule has 0 bridgehead atoms. The number of nitrogens with one attached hydrogen (secondary N) is 1. The summed E-state index contributed by atoms with van der Waals surface area (Å²) in [6.07, 6.45) is 1.83. The minimum absolute atomic E-state index is 0.118. The Morgan fingerprint density at radius 3 is 2.65 bits per heavy atom. The molecule has 0 amide bonds. The molecule has 0 saturated carbocycles. The molecule has 1 nitrogen and oxygen atoms in total. The van der Waals surface area contributed by atoms with Gasteiger partial charge in [0, 0.05) is 6.54 Å². The topological polar surface area (TPSA) is 12.0 Å². The van der Waals surface area contributed by atoms with Gasteiger partial charge in [0.05, 0.1) is 5.02 Å². The van der Waals surface area contributed by atoms with Gasteiger partial charge in [-0.05, 0) is 36.4 Å². The average Bonchev–Trinajstić information content (AvgIpc) is 2.33. The van der Waals surface area contributed by atoms with Crippen LogP contribution < -0.4 is 5.32 Å². The Kier molecular flexibility index (Phi) is 5.41. The Morgan fingerprint density at radius 2 is 2.06 bits per heavy atom. The van der Waals surface area contributed by atoms with Crippen molar-refractivity contribution in [2.45, 2.75) is 33.6 Å². The van der Waals surface area contributed by atoms with Gasteiger partial charge in [-0.2, -0.15) is 0 Å². The first-order valence-electron chi connectivity index (χ1n) is 6.16. The first-order valence-corrected chi connectivity index (χ1v) is 6.54. The normalized spacial score (nSPS) is 14.6. The summed E-state index contributed by atoms with van der Waals surface area (Å²) in [4.78, 5) is 0. The zero-order valence-electron chi connectivity index (χ0n) is 10.8. The zero-order chi connectivity index (χ0) is 12.9. The van der Waals surface area contributed by atoms with Gasteiger partial charge in [-0.1, -0.05) is 44.5 Å². The van der Waals surface area contributed by atoms with Crippen molar-refractivity contribution in [3.05, 3.63) is 34.6 Å². The molecule has 1 atom stereocenters. The van der Waals surface area contributed by atoms with Crippen LogP contribution in [0.5, 0.6) is 0 Å². The van der Waals surface area contributed by atoms with Crippen LogP contribution in [0.2, 0.25) is 5.02 Å². The van der Waals surface area contributed by atoms with Crippen molar-refractivity contribution in [3.63, 3.8) is 0 Å². The highest BCUT2D eigenvalue weighted by molar-refractivity contribution is 6.31. The lowest BCUT2D eigenvalue weighted by Crippen LogP contribution is -2.33. The van der Waals surface area contributed by atoms with Gasteiger partial charge in [0.25, 0.3) is 0 Å². The van der Waals surface area contributed by atoms with Crippen LogP contribution in [0, 0.1) is 11.2 Å². The van der Waals surface area contributed by atoms with Gasteiger partial charge >= 0.3 is 0 Å². The second kappa shape index (κ2) is 6.36. The summed E-state index contributed by atoms with van der Waals surface area (Å²) in [5.41, 5.74) is 1.02. The van der Waals surface area contributed by atoms with Gasteiger partial charge in [-0.25, -0.2) is 4.39 Å². The quantitative estimate of drug-likeness (QED) is 0.811. The molecule has 17 heavy (non-hydrogen) atoms. The van der Waals surface area contributed by atoms with E-state index in [2.05, 4.69) is 26.1 Å². The van der Waals surface area contributed by atoms with Gasteiger partial charge in [-0.15, -0.1) is 0 Å². The summed E-state index contributed by atoms with van der Waals surface area (Å²) in [5, 5.41) is 3.62. The number of rotatable bonds is 6. The molecule has 1 N–H and O–H groups in total. The number of hydrogen-bond acceptors (Lipinski definition) is 1. The molecular formula is C14H21ClFN. The van der Waals surface area contributed by atoms with Crippen LogP contribution in [0.3, 0.4) is 0 Å². The maximum atomic E-state index is 13.4.